The molecule has 3 fully saturated rings. The Hall–Kier alpha value is -0.870. The maximum Gasteiger partial charge on any atom is 0.222 e. The first-order valence-corrected chi connectivity index (χ1v) is 11.0. The van der Waals surface area contributed by atoms with E-state index in [2.05, 4.69) is 22.0 Å². The molecule has 0 radical (unpaired) electrons. The highest BCUT2D eigenvalue weighted by Crippen LogP contribution is 2.43. The van der Waals surface area contributed by atoms with E-state index in [1.54, 1.807) is 0 Å². The minimum atomic E-state index is 0.428. The molecule has 0 aromatic heterocycles. The Labute approximate surface area is 158 Å². The lowest BCUT2D eigenvalue weighted by atomic mass is 9.86. The first-order valence-electron chi connectivity index (χ1n) is 11.0. The standard InChI is InChI=1S/C22H36N2O2/c25-22(16-18-4-2-1-3-5-18)24(9-8-23-10-12-26-13-11-23)17-21-15-19-6-7-20(21)14-19/h6-7,18-21H,1-5,8-17H2/t19-,20+,21-/m1/s1. The van der Waals surface area contributed by atoms with E-state index >= 15 is 0 Å². The summed E-state index contributed by atoms with van der Waals surface area (Å²) in [5.74, 6) is 3.29. The van der Waals surface area contributed by atoms with Crippen LogP contribution in [0, 0.1) is 23.7 Å². The van der Waals surface area contributed by atoms with Crippen LogP contribution in [0.1, 0.15) is 51.4 Å². The fourth-order valence-corrected chi connectivity index (χ4v) is 5.56. The number of carbonyl (C=O) groups excluding carboxylic acids is 1. The Balaban J connectivity index is 1.33. The molecular weight excluding hydrogens is 324 g/mol. The molecule has 0 spiro atoms. The monoisotopic (exact) mass is 360 g/mol. The van der Waals surface area contributed by atoms with Crippen LogP contribution in [0.25, 0.3) is 0 Å². The number of nitrogens with zero attached hydrogens (tertiary/aromatic N) is 2. The maximum atomic E-state index is 13.1. The van der Waals surface area contributed by atoms with Gasteiger partial charge in [-0.25, -0.2) is 0 Å². The summed E-state index contributed by atoms with van der Waals surface area (Å²) < 4.78 is 5.47. The van der Waals surface area contributed by atoms with Crippen LogP contribution in [-0.4, -0.2) is 61.6 Å². The fraction of sp³-hybridized carbons (Fsp3) is 0.864. The summed E-state index contributed by atoms with van der Waals surface area (Å²) in [6, 6.07) is 0. The van der Waals surface area contributed by atoms with Gasteiger partial charge in [-0.05, 0) is 49.4 Å². The van der Waals surface area contributed by atoms with Crippen molar-refractivity contribution in [2.75, 3.05) is 45.9 Å². The zero-order valence-electron chi connectivity index (χ0n) is 16.3. The van der Waals surface area contributed by atoms with E-state index in [9.17, 15) is 4.79 Å². The number of carbonyl (C=O) groups is 1. The Kier molecular flexibility index (Phi) is 6.31. The third-order valence-electron chi connectivity index (χ3n) is 7.20. The Morgan fingerprint density at radius 1 is 1.08 bits per heavy atom. The molecule has 1 aliphatic heterocycles. The number of hydrogen-bond acceptors (Lipinski definition) is 3. The largest absolute Gasteiger partial charge is 0.379 e. The van der Waals surface area contributed by atoms with E-state index in [1.165, 1.54) is 44.9 Å². The van der Waals surface area contributed by atoms with Gasteiger partial charge in [-0.3, -0.25) is 9.69 Å². The lowest BCUT2D eigenvalue weighted by Crippen LogP contribution is -2.45. The van der Waals surface area contributed by atoms with Gasteiger partial charge in [0.1, 0.15) is 0 Å². The molecule has 4 heteroatoms. The van der Waals surface area contributed by atoms with Crippen molar-refractivity contribution in [1.82, 2.24) is 9.80 Å². The van der Waals surface area contributed by atoms with Crippen molar-refractivity contribution in [3.63, 3.8) is 0 Å². The van der Waals surface area contributed by atoms with E-state index in [-0.39, 0.29) is 0 Å². The number of fused-ring (bicyclic) bond motifs is 2. The summed E-state index contributed by atoms with van der Waals surface area (Å²) in [6.07, 6.45) is 14.8. The van der Waals surface area contributed by atoms with Crippen LogP contribution in [0.15, 0.2) is 12.2 Å². The average molecular weight is 361 g/mol. The van der Waals surface area contributed by atoms with Crippen molar-refractivity contribution in [3.05, 3.63) is 12.2 Å². The van der Waals surface area contributed by atoms with Gasteiger partial charge in [0.05, 0.1) is 13.2 Å². The molecule has 4 nitrogen and oxygen atoms in total. The molecule has 26 heavy (non-hydrogen) atoms. The first-order chi connectivity index (χ1) is 12.8. The van der Waals surface area contributed by atoms with E-state index in [0.29, 0.717) is 17.7 Å². The van der Waals surface area contributed by atoms with E-state index in [4.69, 9.17) is 4.74 Å². The number of ether oxygens (including phenoxy) is 1. The van der Waals surface area contributed by atoms with Crippen molar-refractivity contribution in [2.24, 2.45) is 23.7 Å². The highest BCUT2D eigenvalue weighted by atomic mass is 16.5. The summed E-state index contributed by atoms with van der Waals surface area (Å²) in [7, 11) is 0. The summed E-state index contributed by atoms with van der Waals surface area (Å²) >= 11 is 0. The molecule has 1 saturated heterocycles. The van der Waals surface area contributed by atoms with Crippen LogP contribution in [-0.2, 0) is 9.53 Å². The lowest BCUT2D eigenvalue weighted by molar-refractivity contribution is -0.133. The Morgan fingerprint density at radius 2 is 1.88 bits per heavy atom. The quantitative estimate of drug-likeness (QED) is 0.653. The topological polar surface area (TPSA) is 32.8 Å². The second-order valence-corrected chi connectivity index (χ2v) is 9.04. The number of morpholine rings is 1. The Morgan fingerprint density at radius 3 is 2.58 bits per heavy atom. The second kappa shape index (κ2) is 8.88. The van der Waals surface area contributed by atoms with Gasteiger partial charge in [0, 0.05) is 39.1 Å². The predicted molar refractivity (Wildman–Crippen MR) is 104 cm³/mol. The summed E-state index contributed by atoms with van der Waals surface area (Å²) in [5, 5.41) is 0. The van der Waals surface area contributed by atoms with Crippen LogP contribution in [0.2, 0.25) is 0 Å². The summed E-state index contributed by atoms with van der Waals surface area (Å²) in [6.45, 7) is 6.62. The van der Waals surface area contributed by atoms with Crippen LogP contribution < -0.4 is 0 Å². The van der Waals surface area contributed by atoms with Gasteiger partial charge in [0.25, 0.3) is 0 Å². The molecule has 4 rings (SSSR count). The molecule has 2 saturated carbocycles. The van der Waals surface area contributed by atoms with Gasteiger partial charge >= 0.3 is 0 Å². The Bertz CT molecular complexity index is 494. The van der Waals surface area contributed by atoms with E-state index in [0.717, 1.165) is 64.2 Å². The second-order valence-electron chi connectivity index (χ2n) is 9.04. The molecule has 0 aromatic carbocycles. The van der Waals surface area contributed by atoms with Gasteiger partial charge in [-0.1, -0.05) is 31.4 Å². The highest BCUT2D eigenvalue weighted by Gasteiger charge is 2.37. The van der Waals surface area contributed by atoms with Crippen molar-refractivity contribution in [3.8, 4) is 0 Å². The molecule has 3 atom stereocenters. The summed E-state index contributed by atoms with van der Waals surface area (Å²) in [4.78, 5) is 17.8. The smallest absolute Gasteiger partial charge is 0.222 e. The zero-order valence-corrected chi connectivity index (χ0v) is 16.3. The number of amides is 1. The SMILES string of the molecule is O=C(CC1CCCCC1)N(CCN1CCOCC1)C[C@H]1C[C@@H]2C=C[C@H]1C2. The minimum absolute atomic E-state index is 0.428. The van der Waals surface area contributed by atoms with Gasteiger partial charge in [-0.15, -0.1) is 0 Å². The molecule has 3 aliphatic carbocycles. The molecular formula is C22H36N2O2. The van der Waals surface area contributed by atoms with Crippen molar-refractivity contribution < 1.29 is 9.53 Å². The molecule has 0 aromatic rings. The molecule has 1 heterocycles. The number of hydrogen-bond donors (Lipinski definition) is 0. The molecule has 4 aliphatic rings. The van der Waals surface area contributed by atoms with Crippen LogP contribution in [0.4, 0.5) is 0 Å². The lowest BCUT2D eigenvalue weighted by Gasteiger charge is -2.33. The first kappa shape index (κ1) is 18.5. The van der Waals surface area contributed by atoms with Crippen molar-refractivity contribution >= 4 is 5.91 Å². The third-order valence-corrected chi connectivity index (χ3v) is 7.20. The molecule has 0 unspecified atom stereocenters. The van der Waals surface area contributed by atoms with Crippen molar-refractivity contribution in [1.29, 1.82) is 0 Å². The molecule has 0 N–H and O–H groups in total. The zero-order chi connectivity index (χ0) is 17.8. The minimum Gasteiger partial charge on any atom is -0.379 e. The van der Waals surface area contributed by atoms with Crippen LogP contribution in [0.5, 0.6) is 0 Å². The normalized spacial score (nSPS) is 32.2. The third kappa shape index (κ3) is 4.69. The number of rotatable bonds is 7. The van der Waals surface area contributed by atoms with Crippen molar-refractivity contribution in [2.45, 2.75) is 51.4 Å². The summed E-state index contributed by atoms with van der Waals surface area (Å²) in [5.41, 5.74) is 0. The van der Waals surface area contributed by atoms with E-state index in [1.807, 2.05) is 0 Å². The van der Waals surface area contributed by atoms with Gasteiger partial charge < -0.3 is 9.64 Å². The van der Waals surface area contributed by atoms with Gasteiger partial charge in [0.2, 0.25) is 5.91 Å². The molecule has 146 valence electrons. The van der Waals surface area contributed by atoms with Crippen LogP contribution >= 0.6 is 0 Å². The highest BCUT2D eigenvalue weighted by molar-refractivity contribution is 5.76. The average Bonchev–Trinajstić information content (AvgIpc) is 3.30. The molecule has 1 amide bonds. The predicted octanol–water partition coefficient (Wildman–Crippen LogP) is 3.33. The molecule has 2 bridgehead atoms. The van der Waals surface area contributed by atoms with Gasteiger partial charge in [0.15, 0.2) is 0 Å². The van der Waals surface area contributed by atoms with Gasteiger partial charge in [-0.2, -0.15) is 0 Å². The number of allylic oxidation sites excluding steroid dienone is 2. The van der Waals surface area contributed by atoms with E-state index < -0.39 is 0 Å². The fourth-order valence-electron chi connectivity index (χ4n) is 5.56. The van der Waals surface area contributed by atoms with Crippen LogP contribution in [0.3, 0.4) is 0 Å². The maximum absolute atomic E-state index is 13.1.